The Morgan fingerprint density at radius 2 is 2.31 bits per heavy atom. The normalized spacial score (nSPS) is 12.6. The predicted molar refractivity (Wildman–Crippen MR) is 53.6 cm³/mol. The molecular weight excluding hydrogens is 237 g/mol. The number of alkyl halides is 1. The van der Waals surface area contributed by atoms with Gasteiger partial charge in [0.2, 0.25) is 0 Å². The molecule has 1 atom stereocenters. The molecular formula is C9H11BrFNO. The van der Waals surface area contributed by atoms with Crippen LogP contribution in [0.5, 0.6) is 5.75 Å². The van der Waals surface area contributed by atoms with Gasteiger partial charge in [-0.25, -0.2) is 4.39 Å². The Labute approximate surface area is 85.0 Å². The Bertz CT molecular complexity index is 293. The molecule has 0 aliphatic carbocycles. The van der Waals surface area contributed by atoms with E-state index >= 15 is 0 Å². The van der Waals surface area contributed by atoms with Crippen LogP contribution in [0.1, 0.15) is 11.7 Å². The topological polar surface area (TPSA) is 35.2 Å². The molecule has 4 heteroatoms. The van der Waals surface area contributed by atoms with E-state index in [1.165, 1.54) is 0 Å². The summed E-state index contributed by atoms with van der Waals surface area (Å²) >= 11 is 3.27. The largest absolute Gasteiger partial charge is 0.496 e. The van der Waals surface area contributed by atoms with Crippen LogP contribution in [0.15, 0.2) is 22.7 Å². The van der Waals surface area contributed by atoms with Gasteiger partial charge in [-0.15, -0.1) is 0 Å². The molecule has 0 fully saturated rings. The Morgan fingerprint density at radius 3 is 2.77 bits per heavy atom. The maximum atomic E-state index is 13.1. The number of rotatable bonds is 3. The maximum absolute atomic E-state index is 13.1. The summed E-state index contributed by atoms with van der Waals surface area (Å²) in [7, 11) is 1.57. The predicted octanol–water partition coefficient (Wildman–Crippen LogP) is 2.43. The van der Waals surface area contributed by atoms with Gasteiger partial charge in [0, 0.05) is 6.54 Å². The van der Waals surface area contributed by atoms with Gasteiger partial charge in [0.25, 0.3) is 0 Å². The van der Waals surface area contributed by atoms with Crippen molar-refractivity contribution in [2.45, 2.75) is 6.17 Å². The van der Waals surface area contributed by atoms with Crippen LogP contribution in [0.3, 0.4) is 0 Å². The highest BCUT2D eigenvalue weighted by Crippen LogP contribution is 2.28. The smallest absolute Gasteiger partial charge is 0.137 e. The van der Waals surface area contributed by atoms with Crippen molar-refractivity contribution in [2.75, 3.05) is 13.7 Å². The fourth-order valence-electron chi connectivity index (χ4n) is 1.01. The Kier molecular flexibility index (Phi) is 3.69. The van der Waals surface area contributed by atoms with Crippen LogP contribution in [0.2, 0.25) is 0 Å². The minimum Gasteiger partial charge on any atom is -0.496 e. The zero-order valence-corrected chi connectivity index (χ0v) is 8.84. The lowest BCUT2D eigenvalue weighted by atomic mass is 10.1. The van der Waals surface area contributed by atoms with E-state index in [0.717, 1.165) is 4.47 Å². The molecule has 2 nitrogen and oxygen atoms in total. The van der Waals surface area contributed by atoms with Crippen molar-refractivity contribution in [3.63, 3.8) is 0 Å². The lowest BCUT2D eigenvalue weighted by molar-refractivity contribution is 0.352. The lowest BCUT2D eigenvalue weighted by Gasteiger charge is -2.08. The van der Waals surface area contributed by atoms with Crippen molar-refractivity contribution in [3.05, 3.63) is 28.2 Å². The van der Waals surface area contributed by atoms with E-state index in [9.17, 15) is 4.39 Å². The molecule has 1 unspecified atom stereocenters. The van der Waals surface area contributed by atoms with Gasteiger partial charge in [0.1, 0.15) is 11.9 Å². The molecule has 2 N–H and O–H groups in total. The van der Waals surface area contributed by atoms with E-state index in [2.05, 4.69) is 15.9 Å². The van der Waals surface area contributed by atoms with E-state index in [0.29, 0.717) is 11.3 Å². The first kappa shape index (κ1) is 10.5. The van der Waals surface area contributed by atoms with Gasteiger partial charge in [0.15, 0.2) is 0 Å². The molecule has 0 heterocycles. The van der Waals surface area contributed by atoms with Crippen molar-refractivity contribution in [2.24, 2.45) is 5.73 Å². The van der Waals surface area contributed by atoms with Gasteiger partial charge >= 0.3 is 0 Å². The van der Waals surface area contributed by atoms with Crippen molar-refractivity contribution in [3.8, 4) is 5.75 Å². The Hall–Kier alpha value is -0.610. The van der Waals surface area contributed by atoms with Crippen LogP contribution in [-0.2, 0) is 0 Å². The van der Waals surface area contributed by atoms with Crippen LogP contribution in [0.4, 0.5) is 4.39 Å². The monoisotopic (exact) mass is 247 g/mol. The van der Waals surface area contributed by atoms with E-state index in [1.54, 1.807) is 25.3 Å². The highest BCUT2D eigenvalue weighted by Gasteiger charge is 2.09. The summed E-state index contributed by atoms with van der Waals surface area (Å²) in [4.78, 5) is 0. The Morgan fingerprint density at radius 1 is 1.62 bits per heavy atom. The first-order valence-electron chi connectivity index (χ1n) is 3.86. The summed E-state index contributed by atoms with van der Waals surface area (Å²) in [5.74, 6) is 0.688. The molecule has 0 amide bonds. The minimum absolute atomic E-state index is 0.00122. The third-order valence-electron chi connectivity index (χ3n) is 1.74. The number of halogens is 2. The quantitative estimate of drug-likeness (QED) is 0.891. The molecule has 0 radical (unpaired) electrons. The summed E-state index contributed by atoms with van der Waals surface area (Å²) in [6, 6.07) is 5.05. The molecule has 0 saturated carbocycles. The number of methoxy groups -OCH3 is 1. The zero-order chi connectivity index (χ0) is 9.84. The van der Waals surface area contributed by atoms with Crippen LogP contribution in [0, 0.1) is 0 Å². The minimum atomic E-state index is -1.11. The fourth-order valence-corrected chi connectivity index (χ4v) is 1.57. The van der Waals surface area contributed by atoms with Gasteiger partial charge in [-0.2, -0.15) is 0 Å². The molecule has 0 aliphatic heterocycles. The second-order valence-electron chi connectivity index (χ2n) is 2.60. The van der Waals surface area contributed by atoms with Gasteiger partial charge in [-0.05, 0) is 33.6 Å². The van der Waals surface area contributed by atoms with Crippen LogP contribution >= 0.6 is 15.9 Å². The number of hydrogen-bond acceptors (Lipinski definition) is 2. The first-order valence-corrected chi connectivity index (χ1v) is 4.66. The van der Waals surface area contributed by atoms with Crippen LogP contribution in [-0.4, -0.2) is 13.7 Å². The van der Waals surface area contributed by atoms with E-state index < -0.39 is 6.17 Å². The lowest BCUT2D eigenvalue weighted by Crippen LogP contribution is -2.07. The average molecular weight is 248 g/mol. The maximum Gasteiger partial charge on any atom is 0.137 e. The summed E-state index contributed by atoms with van der Waals surface area (Å²) in [5, 5.41) is 0. The van der Waals surface area contributed by atoms with E-state index in [1.807, 2.05) is 0 Å². The molecule has 1 aromatic carbocycles. The van der Waals surface area contributed by atoms with Gasteiger partial charge in [-0.1, -0.05) is 6.07 Å². The second kappa shape index (κ2) is 4.58. The zero-order valence-electron chi connectivity index (χ0n) is 7.26. The molecule has 72 valence electrons. The van der Waals surface area contributed by atoms with Gasteiger partial charge < -0.3 is 10.5 Å². The first-order chi connectivity index (χ1) is 6.19. The standard InChI is InChI=1S/C9H11BrFNO/c1-13-9-3-2-6(4-7(9)10)8(11)5-12/h2-4,8H,5,12H2,1H3. The molecule has 1 rings (SSSR count). The summed E-state index contributed by atoms with van der Waals surface area (Å²) in [6.45, 7) is -0.00122. The Balaban J connectivity index is 2.95. The SMILES string of the molecule is COc1ccc(C(F)CN)cc1Br. The molecule has 0 spiro atoms. The van der Waals surface area contributed by atoms with Gasteiger partial charge in [-0.3, -0.25) is 0 Å². The summed E-state index contributed by atoms with van der Waals surface area (Å²) < 4.78 is 18.8. The van der Waals surface area contributed by atoms with Crippen LogP contribution < -0.4 is 10.5 Å². The van der Waals surface area contributed by atoms with Crippen molar-refractivity contribution in [1.29, 1.82) is 0 Å². The average Bonchev–Trinajstić information content (AvgIpc) is 2.16. The van der Waals surface area contributed by atoms with Crippen LogP contribution in [0.25, 0.3) is 0 Å². The fraction of sp³-hybridized carbons (Fsp3) is 0.333. The highest BCUT2D eigenvalue weighted by atomic mass is 79.9. The summed E-state index contributed by atoms with van der Waals surface area (Å²) in [5.41, 5.74) is 5.77. The van der Waals surface area contributed by atoms with E-state index in [-0.39, 0.29) is 6.54 Å². The molecule has 1 aromatic rings. The molecule has 0 aromatic heterocycles. The third kappa shape index (κ3) is 2.42. The number of nitrogens with two attached hydrogens (primary N) is 1. The second-order valence-corrected chi connectivity index (χ2v) is 3.45. The molecule has 13 heavy (non-hydrogen) atoms. The van der Waals surface area contributed by atoms with Crippen molar-refractivity contribution in [1.82, 2.24) is 0 Å². The molecule has 0 bridgehead atoms. The summed E-state index contributed by atoms with van der Waals surface area (Å²) in [6.07, 6.45) is -1.11. The third-order valence-corrected chi connectivity index (χ3v) is 2.36. The number of hydrogen-bond donors (Lipinski definition) is 1. The van der Waals surface area contributed by atoms with E-state index in [4.69, 9.17) is 10.5 Å². The van der Waals surface area contributed by atoms with Crippen molar-refractivity contribution >= 4 is 15.9 Å². The highest BCUT2D eigenvalue weighted by molar-refractivity contribution is 9.10. The number of benzene rings is 1. The van der Waals surface area contributed by atoms with Gasteiger partial charge in [0.05, 0.1) is 11.6 Å². The van der Waals surface area contributed by atoms with Crippen molar-refractivity contribution < 1.29 is 9.13 Å². The molecule has 0 saturated heterocycles. The number of ether oxygens (including phenoxy) is 1. The molecule has 0 aliphatic rings.